The van der Waals surface area contributed by atoms with Crippen molar-refractivity contribution < 1.29 is 13.5 Å². The topological polar surface area (TPSA) is 9.23 Å². The van der Waals surface area contributed by atoms with Crippen LogP contribution in [-0.2, 0) is 5.41 Å². The largest absolute Gasteiger partial charge is 0.488 e. The summed E-state index contributed by atoms with van der Waals surface area (Å²) in [6, 6.07) is 4.95. The summed E-state index contributed by atoms with van der Waals surface area (Å²) in [5.41, 5.74) is 0.304. The molecule has 0 amide bonds. The lowest BCUT2D eigenvalue weighted by molar-refractivity contribution is 0.261. The van der Waals surface area contributed by atoms with Gasteiger partial charge in [-0.1, -0.05) is 32.9 Å². The van der Waals surface area contributed by atoms with Crippen molar-refractivity contribution in [1.29, 1.82) is 0 Å². The first-order chi connectivity index (χ1) is 6.96. The Balaban J connectivity index is 3.01. The van der Waals surface area contributed by atoms with E-state index in [2.05, 4.69) is 0 Å². The van der Waals surface area contributed by atoms with Gasteiger partial charge in [-0.2, -0.15) is 0 Å². The van der Waals surface area contributed by atoms with Crippen LogP contribution in [0.1, 0.15) is 26.3 Å². The van der Waals surface area contributed by atoms with E-state index >= 15 is 0 Å². The van der Waals surface area contributed by atoms with E-state index in [-0.39, 0.29) is 17.8 Å². The Hall–Kier alpha value is -1.12. The molecule has 15 heavy (non-hydrogen) atoms. The van der Waals surface area contributed by atoms with Crippen molar-refractivity contribution in [3.63, 3.8) is 0 Å². The smallest absolute Gasteiger partial charge is 0.168 e. The van der Waals surface area contributed by atoms with Gasteiger partial charge in [-0.3, -0.25) is 0 Å². The first kappa shape index (κ1) is 12.0. The summed E-state index contributed by atoms with van der Waals surface area (Å²) >= 11 is 0. The van der Waals surface area contributed by atoms with Gasteiger partial charge >= 0.3 is 0 Å². The molecule has 1 nitrogen and oxygen atoms in total. The molecule has 0 N–H and O–H groups in total. The molecule has 1 rings (SSSR count). The summed E-state index contributed by atoms with van der Waals surface area (Å²) in [6.45, 7) is 5.04. The quantitative estimate of drug-likeness (QED) is 0.747. The third-order valence-corrected chi connectivity index (χ3v) is 2.11. The molecule has 0 aromatic heterocycles. The van der Waals surface area contributed by atoms with Crippen molar-refractivity contribution in [3.8, 4) is 5.75 Å². The number of ether oxygens (including phenoxy) is 1. The van der Waals surface area contributed by atoms with Gasteiger partial charge in [0.05, 0.1) is 0 Å². The molecule has 0 atom stereocenters. The lowest BCUT2D eigenvalue weighted by atomic mass is 9.86. The second-order valence-corrected chi connectivity index (χ2v) is 4.41. The number of halogens is 2. The Kier molecular flexibility index (Phi) is 3.66. The molecule has 3 heteroatoms. The van der Waals surface area contributed by atoms with Crippen LogP contribution in [0.15, 0.2) is 18.2 Å². The van der Waals surface area contributed by atoms with E-state index in [1.54, 1.807) is 12.1 Å². The van der Waals surface area contributed by atoms with Crippen molar-refractivity contribution in [1.82, 2.24) is 0 Å². The van der Waals surface area contributed by atoms with Crippen molar-refractivity contribution >= 4 is 0 Å². The molecule has 0 unspecified atom stereocenters. The lowest BCUT2D eigenvalue weighted by Gasteiger charge is -2.20. The number of hydrogen-bond acceptors (Lipinski definition) is 1. The fourth-order valence-corrected chi connectivity index (χ4v) is 1.35. The van der Waals surface area contributed by atoms with Crippen molar-refractivity contribution in [3.05, 3.63) is 29.6 Å². The van der Waals surface area contributed by atoms with E-state index in [1.165, 1.54) is 6.07 Å². The molecule has 0 saturated heterocycles. The molecule has 0 radical (unpaired) electrons. The zero-order chi connectivity index (χ0) is 11.5. The third-order valence-electron chi connectivity index (χ3n) is 2.11. The van der Waals surface area contributed by atoms with Gasteiger partial charge in [-0.25, -0.2) is 8.78 Å². The first-order valence-corrected chi connectivity index (χ1v) is 4.94. The van der Waals surface area contributed by atoms with Crippen LogP contribution in [0.2, 0.25) is 0 Å². The third kappa shape index (κ3) is 2.91. The van der Waals surface area contributed by atoms with Crippen molar-refractivity contribution in [2.75, 3.05) is 13.3 Å². The molecular formula is C12H16F2O. The monoisotopic (exact) mass is 213 g/mol. The summed E-state index contributed by atoms with van der Waals surface area (Å²) in [6.07, 6.45) is 0. The van der Waals surface area contributed by atoms with Crippen LogP contribution in [-0.4, -0.2) is 13.3 Å². The fourth-order valence-electron chi connectivity index (χ4n) is 1.35. The predicted octanol–water partition coefficient (Wildman–Crippen LogP) is 3.47. The van der Waals surface area contributed by atoms with Gasteiger partial charge in [0.25, 0.3) is 0 Å². The average molecular weight is 213 g/mol. The van der Waals surface area contributed by atoms with E-state index in [0.29, 0.717) is 5.56 Å². The van der Waals surface area contributed by atoms with Crippen LogP contribution < -0.4 is 4.74 Å². The van der Waals surface area contributed by atoms with Gasteiger partial charge in [0.2, 0.25) is 0 Å². The first-order valence-electron chi connectivity index (χ1n) is 4.94. The minimum atomic E-state index is -0.612. The summed E-state index contributed by atoms with van der Waals surface area (Å²) in [5.74, 6) is -0.265. The average Bonchev–Trinajstić information content (AvgIpc) is 2.14. The molecule has 0 aliphatic rings. The lowest BCUT2D eigenvalue weighted by Crippen LogP contribution is -2.14. The summed E-state index contributed by atoms with van der Waals surface area (Å²) in [5, 5.41) is 0. The standard InChI is InChI=1S/C12H16F2O/c1-12(2,3)9-5-4-6-10(11(9)14)15-8-7-13/h4-6H,7-8H2,1-3H3/i13-1. The van der Waals surface area contributed by atoms with Gasteiger partial charge in [-0.05, 0) is 17.0 Å². The van der Waals surface area contributed by atoms with E-state index in [4.69, 9.17) is 4.74 Å². The number of benzene rings is 1. The molecule has 0 saturated carbocycles. The van der Waals surface area contributed by atoms with Crippen LogP contribution in [0, 0.1) is 5.82 Å². The zero-order valence-electron chi connectivity index (χ0n) is 9.31. The molecule has 0 spiro atoms. The Morgan fingerprint density at radius 3 is 2.47 bits per heavy atom. The summed E-state index contributed by atoms with van der Waals surface area (Å²) in [7, 11) is 0. The number of rotatable bonds is 3. The van der Waals surface area contributed by atoms with Gasteiger partial charge in [0.1, 0.15) is 13.3 Å². The molecule has 0 fully saturated rings. The highest BCUT2D eigenvalue weighted by Crippen LogP contribution is 2.30. The zero-order valence-corrected chi connectivity index (χ0v) is 9.31. The Morgan fingerprint density at radius 1 is 1.27 bits per heavy atom. The Labute approximate surface area is 89.1 Å². The SMILES string of the molecule is CC(C)(C)c1cccc(OCC[18F])c1F. The van der Waals surface area contributed by atoms with Gasteiger partial charge in [0, 0.05) is 0 Å². The van der Waals surface area contributed by atoms with Crippen molar-refractivity contribution in [2.45, 2.75) is 26.2 Å². The number of alkyl halides is 1. The Morgan fingerprint density at radius 2 is 1.93 bits per heavy atom. The second kappa shape index (κ2) is 4.60. The highest BCUT2D eigenvalue weighted by Gasteiger charge is 2.20. The van der Waals surface area contributed by atoms with Crippen LogP contribution >= 0.6 is 0 Å². The minimum Gasteiger partial charge on any atom is -0.488 e. The van der Waals surface area contributed by atoms with Gasteiger partial charge in [0.15, 0.2) is 11.6 Å². The molecule has 0 aliphatic heterocycles. The number of hydrogen-bond donors (Lipinski definition) is 0. The second-order valence-electron chi connectivity index (χ2n) is 4.41. The predicted molar refractivity (Wildman–Crippen MR) is 56.6 cm³/mol. The molecule has 0 aliphatic carbocycles. The molecule has 1 aromatic rings. The molecule has 84 valence electrons. The molecule has 0 heterocycles. The van der Waals surface area contributed by atoms with Gasteiger partial charge in [-0.15, -0.1) is 0 Å². The Bertz CT molecular complexity index is 329. The van der Waals surface area contributed by atoms with Crippen LogP contribution in [0.25, 0.3) is 0 Å². The van der Waals surface area contributed by atoms with E-state index in [1.807, 2.05) is 20.8 Å². The fraction of sp³-hybridized carbons (Fsp3) is 0.500. The molecule has 0 bridgehead atoms. The summed E-state index contributed by atoms with van der Waals surface area (Å²) < 4.78 is 30.7. The maximum Gasteiger partial charge on any atom is 0.168 e. The molecular weight excluding hydrogens is 197 g/mol. The van der Waals surface area contributed by atoms with Crippen molar-refractivity contribution in [2.24, 2.45) is 0 Å². The highest BCUT2D eigenvalue weighted by molar-refractivity contribution is 5.34. The maximum absolute atomic E-state index is 13.8. The van der Waals surface area contributed by atoms with E-state index in [9.17, 15) is 8.78 Å². The van der Waals surface area contributed by atoms with Crippen LogP contribution in [0.3, 0.4) is 0 Å². The normalized spacial score (nSPS) is 11.5. The van der Waals surface area contributed by atoms with E-state index < -0.39 is 12.5 Å². The molecule has 1 aromatic carbocycles. The van der Waals surface area contributed by atoms with Crippen LogP contribution in [0.5, 0.6) is 5.75 Å². The van der Waals surface area contributed by atoms with E-state index in [0.717, 1.165) is 0 Å². The van der Waals surface area contributed by atoms with Crippen LogP contribution in [0.4, 0.5) is 8.78 Å². The maximum atomic E-state index is 13.8. The summed E-state index contributed by atoms with van der Waals surface area (Å²) in [4.78, 5) is 0. The van der Waals surface area contributed by atoms with Gasteiger partial charge < -0.3 is 4.74 Å². The highest BCUT2D eigenvalue weighted by atomic mass is 19.1. The minimum absolute atomic E-state index is 0.107.